The molecule has 25 heavy (non-hydrogen) atoms. The topological polar surface area (TPSA) is 60.6 Å². The van der Waals surface area contributed by atoms with Crippen LogP contribution in [0.4, 0.5) is 0 Å². The van der Waals surface area contributed by atoms with Gasteiger partial charge in [0.2, 0.25) is 0 Å². The summed E-state index contributed by atoms with van der Waals surface area (Å²) in [6.45, 7) is 8.27. The number of rotatable bonds is 9. The molecule has 2 aromatic rings. The third-order valence-electron chi connectivity index (χ3n) is 4.68. The zero-order valence-corrected chi connectivity index (χ0v) is 15.1. The van der Waals surface area contributed by atoms with Crippen LogP contribution in [0.5, 0.6) is 0 Å². The van der Waals surface area contributed by atoms with Gasteiger partial charge in [-0.2, -0.15) is 0 Å². The summed E-state index contributed by atoms with van der Waals surface area (Å²) in [5, 5.41) is 0.728. The van der Waals surface area contributed by atoms with Crippen molar-refractivity contribution in [3.05, 3.63) is 45.7 Å². The monoisotopic (exact) mass is 345 g/mol. The number of hydrogen-bond donors (Lipinski definition) is 1. The van der Waals surface area contributed by atoms with E-state index in [1.807, 2.05) is 31.2 Å². The lowest BCUT2D eigenvalue weighted by molar-refractivity contribution is -0.138. The standard InChI is InChI=1S/C20H27NO4/c1-15-18(21-17-8-4-3-7-16(17)19(15)22)11-23-9-5-6-10-24-12-20(2)13-25-14-20/h3-4,7-8H,5-6,9-14H2,1-2H3,(H,21,22). The number of pyridine rings is 1. The van der Waals surface area contributed by atoms with Crippen LogP contribution in [-0.4, -0.2) is 38.0 Å². The second kappa shape index (κ2) is 8.13. The molecule has 5 heteroatoms. The van der Waals surface area contributed by atoms with E-state index in [0.29, 0.717) is 13.2 Å². The second-order valence-corrected chi connectivity index (χ2v) is 7.22. The quantitative estimate of drug-likeness (QED) is 0.709. The number of unbranched alkanes of at least 4 members (excludes halogenated alkanes) is 1. The Balaban J connectivity index is 1.38. The van der Waals surface area contributed by atoms with Crippen LogP contribution >= 0.6 is 0 Å². The molecule has 0 aliphatic carbocycles. The summed E-state index contributed by atoms with van der Waals surface area (Å²) in [6.07, 6.45) is 1.92. The lowest BCUT2D eigenvalue weighted by atomic mass is 9.90. The van der Waals surface area contributed by atoms with Crippen LogP contribution in [0.25, 0.3) is 10.9 Å². The Morgan fingerprint density at radius 2 is 1.88 bits per heavy atom. The zero-order valence-electron chi connectivity index (χ0n) is 15.1. The fraction of sp³-hybridized carbons (Fsp3) is 0.550. The van der Waals surface area contributed by atoms with Crippen LogP contribution in [0.2, 0.25) is 0 Å². The summed E-state index contributed by atoms with van der Waals surface area (Å²) in [4.78, 5) is 15.7. The number of hydrogen-bond acceptors (Lipinski definition) is 4. The fourth-order valence-electron chi connectivity index (χ4n) is 2.96. The average molecular weight is 345 g/mol. The molecular formula is C20H27NO4. The van der Waals surface area contributed by atoms with E-state index in [1.54, 1.807) is 0 Å². The van der Waals surface area contributed by atoms with Crippen molar-refractivity contribution < 1.29 is 14.2 Å². The fourth-order valence-corrected chi connectivity index (χ4v) is 2.96. The Labute approximate surface area is 148 Å². The van der Waals surface area contributed by atoms with Gasteiger partial charge in [0.25, 0.3) is 0 Å². The maximum absolute atomic E-state index is 12.4. The van der Waals surface area contributed by atoms with Crippen molar-refractivity contribution >= 4 is 10.9 Å². The van der Waals surface area contributed by atoms with Crippen LogP contribution in [-0.2, 0) is 20.8 Å². The molecule has 0 amide bonds. The van der Waals surface area contributed by atoms with Crippen molar-refractivity contribution in [3.63, 3.8) is 0 Å². The summed E-state index contributed by atoms with van der Waals surface area (Å²) in [6, 6.07) is 7.58. The normalized spacial score (nSPS) is 16.1. The van der Waals surface area contributed by atoms with E-state index in [2.05, 4.69) is 11.9 Å². The molecule has 1 fully saturated rings. The minimum atomic E-state index is 0.0785. The Morgan fingerprint density at radius 1 is 1.16 bits per heavy atom. The number of H-pyrrole nitrogens is 1. The van der Waals surface area contributed by atoms with Crippen LogP contribution in [0.15, 0.2) is 29.1 Å². The van der Waals surface area contributed by atoms with Crippen LogP contribution < -0.4 is 5.43 Å². The van der Waals surface area contributed by atoms with Gasteiger partial charge in [-0.15, -0.1) is 0 Å². The van der Waals surface area contributed by atoms with Crippen molar-refractivity contribution in [1.82, 2.24) is 4.98 Å². The SMILES string of the molecule is Cc1c(COCCCCOCC2(C)COC2)[nH]c2ccccc2c1=O. The van der Waals surface area contributed by atoms with Gasteiger partial charge in [0.05, 0.1) is 26.4 Å². The first-order chi connectivity index (χ1) is 12.1. The van der Waals surface area contributed by atoms with Gasteiger partial charge in [0, 0.05) is 40.8 Å². The number of fused-ring (bicyclic) bond motifs is 1. The van der Waals surface area contributed by atoms with Gasteiger partial charge in [0.15, 0.2) is 5.43 Å². The van der Waals surface area contributed by atoms with Gasteiger partial charge >= 0.3 is 0 Å². The largest absolute Gasteiger partial charge is 0.381 e. The predicted octanol–water partition coefficient (Wildman–Crippen LogP) is 3.19. The summed E-state index contributed by atoms with van der Waals surface area (Å²) in [7, 11) is 0. The summed E-state index contributed by atoms with van der Waals surface area (Å²) < 4.78 is 16.7. The van der Waals surface area contributed by atoms with E-state index in [1.165, 1.54) is 0 Å². The van der Waals surface area contributed by atoms with E-state index in [-0.39, 0.29) is 10.8 Å². The molecule has 1 aromatic carbocycles. The third kappa shape index (κ3) is 4.48. The molecule has 0 radical (unpaired) electrons. The van der Waals surface area contributed by atoms with E-state index in [0.717, 1.165) is 61.4 Å². The highest BCUT2D eigenvalue weighted by molar-refractivity contribution is 5.79. The van der Waals surface area contributed by atoms with Gasteiger partial charge in [-0.1, -0.05) is 19.1 Å². The first-order valence-electron chi connectivity index (χ1n) is 8.93. The Hall–Kier alpha value is -1.69. The molecule has 1 aliphatic rings. The highest BCUT2D eigenvalue weighted by Crippen LogP contribution is 2.26. The molecule has 1 aromatic heterocycles. The van der Waals surface area contributed by atoms with Crippen molar-refractivity contribution in [2.75, 3.05) is 33.0 Å². The first kappa shape index (κ1) is 18.1. The lowest BCUT2D eigenvalue weighted by Gasteiger charge is -2.37. The number of nitrogens with one attached hydrogen (secondary N) is 1. The molecule has 2 heterocycles. The van der Waals surface area contributed by atoms with Crippen molar-refractivity contribution in [3.8, 4) is 0 Å². The number of ether oxygens (including phenoxy) is 3. The molecule has 1 N–H and O–H groups in total. The van der Waals surface area contributed by atoms with Gasteiger partial charge < -0.3 is 19.2 Å². The van der Waals surface area contributed by atoms with Gasteiger partial charge in [0.1, 0.15) is 0 Å². The molecule has 1 aliphatic heterocycles. The third-order valence-corrected chi connectivity index (χ3v) is 4.68. The number of aromatic amines is 1. The molecule has 3 rings (SSSR count). The number of benzene rings is 1. The minimum absolute atomic E-state index is 0.0785. The summed E-state index contributed by atoms with van der Waals surface area (Å²) in [5.74, 6) is 0. The van der Waals surface area contributed by atoms with Gasteiger partial charge in [-0.3, -0.25) is 4.79 Å². The van der Waals surface area contributed by atoms with Crippen molar-refractivity contribution in [1.29, 1.82) is 0 Å². The maximum atomic E-state index is 12.4. The lowest BCUT2D eigenvalue weighted by Crippen LogP contribution is -2.43. The van der Waals surface area contributed by atoms with Crippen molar-refractivity contribution in [2.45, 2.75) is 33.3 Å². The van der Waals surface area contributed by atoms with Crippen molar-refractivity contribution in [2.24, 2.45) is 5.41 Å². The molecule has 136 valence electrons. The first-order valence-corrected chi connectivity index (χ1v) is 8.93. The Kier molecular flexibility index (Phi) is 5.89. The molecular weight excluding hydrogens is 318 g/mol. The van der Waals surface area contributed by atoms with Gasteiger partial charge in [-0.05, 0) is 31.9 Å². The van der Waals surface area contributed by atoms with Crippen LogP contribution in [0, 0.1) is 12.3 Å². The maximum Gasteiger partial charge on any atom is 0.192 e. The highest BCUT2D eigenvalue weighted by atomic mass is 16.5. The Bertz CT molecular complexity index is 764. The number of para-hydroxylation sites is 1. The van der Waals surface area contributed by atoms with E-state index in [4.69, 9.17) is 14.2 Å². The molecule has 0 spiro atoms. The van der Waals surface area contributed by atoms with E-state index < -0.39 is 0 Å². The molecule has 0 saturated carbocycles. The minimum Gasteiger partial charge on any atom is -0.381 e. The van der Waals surface area contributed by atoms with Gasteiger partial charge in [-0.25, -0.2) is 0 Å². The van der Waals surface area contributed by atoms with Crippen LogP contribution in [0.3, 0.4) is 0 Å². The van der Waals surface area contributed by atoms with E-state index in [9.17, 15) is 4.79 Å². The Morgan fingerprint density at radius 3 is 2.60 bits per heavy atom. The van der Waals surface area contributed by atoms with Crippen LogP contribution in [0.1, 0.15) is 31.0 Å². The summed E-state index contributed by atoms with van der Waals surface area (Å²) >= 11 is 0. The second-order valence-electron chi connectivity index (χ2n) is 7.22. The summed E-state index contributed by atoms with van der Waals surface area (Å²) in [5.41, 5.74) is 2.75. The molecule has 1 saturated heterocycles. The highest BCUT2D eigenvalue weighted by Gasteiger charge is 2.33. The average Bonchev–Trinajstić information content (AvgIpc) is 2.59. The predicted molar refractivity (Wildman–Crippen MR) is 97.9 cm³/mol. The molecule has 5 nitrogen and oxygen atoms in total. The molecule has 0 atom stereocenters. The smallest absolute Gasteiger partial charge is 0.192 e. The zero-order chi connectivity index (χ0) is 17.7. The molecule has 0 unspecified atom stereocenters. The van der Waals surface area contributed by atoms with E-state index >= 15 is 0 Å². The number of aromatic nitrogens is 1. The molecule has 0 bridgehead atoms.